The zero-order chi connectivity index (χ0) is 21.2. The van der Waals surface area contributed by atoms with Crippen LogP contribution in [0.1, 0.15) is 40.9 Å². The van der Waals surface area contributed by atoms with Crippen molar-refractivity contribution in [3.8, 4) is 11.4 Å². The maximum atomic E-state index is 12.8. The largest absolute Gasteiger partial charge is 0.417 e. The highest BCUT2D eigenvalue weighted by atomic mass is 35.5. The molecule has 1 atom stereocenters. The molecular formula is C21H16ClF3N2O2. The van der Waals surface area contributed by atoms with Crippen LogP contribution in [0.2, 0.25) is 5.02 Å². The molecule has 2 aromatic carbocycles. The Labute approximate surface area is 169 Å². The lowest BCUT2D eigenvalue weighted by molar-refractivity contribution is -0.137. The quantitative estimate of drug-likeness (QED) is 0.555. The first-order valence-corrected chi connectivity index (χ1v) is 9.09. The fourth-order valence-electron chi connectivity index (χ4n) is 2.90. The molecule has 8 heteroatoms. The Morgan fingerprint density at radius 3 is 2.45 bits per heavy atom. The van der Waals surface area contributed by atoms with Crippen molar-refractivity contribution in [2.75, 3.05) is 0 Å². The monoisotopic (exact) mass is 420 g/mol. The van der Waals surface area contributed by atoms with Crippen LogP contribution >= 0.6 is 11.6 Å². The van der Waals surface area contributed by atoms with Gasteiger partial charge in [0.1, 0.15) is 11.5 Å². The lowest BCUT2D eigenvalue weighted by Gasteiger charge is -2.14. The maximum absolute atomic E-state index is 12.8. The Hall–Kier alpha value is -2.93. The van der Waals surface area contributed by atoms with Gasteiger partial charge in [0, 0.05) is 18.1 Å². The van der Waals surface area contributed by atoms with E-state index in [1.165, 1.54) is 12.1 Å². The SMILES string of the molecule is C[C@@H](CC(=O)c1cc(=O)[nH]c(-c2ccccc2)n1)c1ccc(C(F)(F)F)c(Cl)c1. The Balaban J connectivity index is 1.83. The number of hydrogen-bond acceptors (Lipinski definition) is 3. The van der Waals surface area contributed by atoms with Crippen LogP contribution in [0.5, 0.6) is 0 Å². The molecular weight excluding hydrogens is 405 g/mol. The van der Waals surface area contributed by atoms with Gasteiger partial charge in [0.05, 0.1) is 10.6 Å². The zero-order valence-corrected chi connectivity index (χ0v) is 16.0. The molecule has 0 spiro atoms. The summed E-state index contributed by atoms with van der Waals surface area (Å²) in [5, 5.41) is -0.421. The number of H-pyrrole nitrogens is 1. The van der Waals surface area contributed by atoms with E-state index in [2.05, 4.69) is 9.97 Å². The Kier molecular flexibility index (Phi) is 5.88. The van der Waals surface area contributed by atoms with E-state index in [-0.39, 0.29) is 17.9 Å². The summed E-state index contributed by atoms with van der Waals surface area (Å²) in [5.74, 6) is -0.535. The van der Waals surface area contributed by atoms with Crippen LogP contribution in [0.25, 0.3) is 11.4 Å². The second-order valence-corrected chi connectivity index (χ2v) is 7.02. The van der Waals surface area contributed by atoms with Crippen LogP contribution in [0.15, 0.2) is 59.4 Å². The van der Waals surface area contributed by atoms with Gasteiger partial charge in [-0.15, -0.1) is 0 Å². The molecule has 0 aliphatic heterocycles. The summed E-state index contributed by atoms with van der Waals surface area (Å²) in [6.07, 6.45) is -4.58. The molecule has 3 rings (SSSR count). The summed E-state index contributed by atoms with van der Waals surface area (Å²) >= 11 is 5.76. The van der Waals surface area contributed by atoms with Crippen molar-refractivity contribution in [2.24, 2.45) is 0 Å². The van der Waals surface area contributed by atoms with Crippen LogP contribution in [-0.2, 0) is 6.18 Å². The maximum Gasteiger partial charge on any atom is 0.417 e. The van der Waals surface area contributed by atoms with Crippen LogP contribution in [0.4, 0.5) is 13.2 Å². The normalized spacial score (nSPS) is 12.6. The number of aromatic amines is 1. The minimum Gasteiger partial charge on any atom is -0.306 e. The lowest BCUT2D eigenvalue weighted by atomic mass is 9.93. The van der Waals surface area contributed by atoms with Gasteiger partial charge in [0.2, 0.25) is 0 Å². The molecule has 0 saturated heterocycles. The van der Waals surface area contributed by atoms with Crippen molar-refractivity contribution in [3.05, 3.63) is 86.8 Å². The molecule has 0 saturated carbocycles. The third-order valence-corrected chi connectivity index (χ3v) is 4.75. The second-order valence-electron chi connectivity index (χ2n) is 6.61. The fraction of sp³-hybridized carbons (Fsp3) is 0.190. The number of ketones is 1. The number of carbonyl (C=O) groups excluding carboxylic acids is 1. The standard InChI is InChI=1S/C21H16ClF3N2O2/c1-12(14-7-8-15(16(22)10-14)21(23,24)25)9-18(28)17-11-19(29)27-20(26-17)13-5-3-2-4-6-13/h2-8,10-12H,9H2,1H3,(H,26,27,29)/t12-/m0/s1. The van der Waals surface area contributed by atoms with Gasteiger partial charge in [-0.05, 0) is 23.6 Å². The van der Waals surface area contributed by atoms with E-state index in [9.17, 15) is 22.8 Å². The first-order valence-electron chi connectivity index (χ1n) is 8.72. The van der Waals surface area contributed by atoms with E-state index in [1.807, 2.05) is 6.07 Å². The van der Waals surface area contributed by atoms with Crippen molar-refractivity contribution in [1.29, 1.82) is 0 Å². The molecule has 0 amide bonds. The number of carbonyl (C=O) groups is 1. The smallest absolute Gasteiger partial charge is 0.306 e. The van der Waals surface area contributed by atoms with Crippen molar-refractivity contribution in [1.82, 2.24) is 9.97 Å². The van der Waals surface area contributed by atoms with E-state index >= 15 is 0 Å². The van der Waals surface area contributed by atoms with Crippen molar-refractivity contribution < 1.29 is 18.0 Å². The fourth-order valence-corrected chi connectivity index (χ4v) is 3.20. The van der Waals surface area contributed by atoms with Crippen LogP contribution < -0.4 is 5.56 Å². The topological polar surface area (TPSA) is 62.8 Å². The van der Waals surface area contributed by atoms with Gasteiger partial charge in [-0.1, -0.05) is 54.9 Å². The number of hydrogen-bond donors (Lipinski definition) is 1. The van der Waals surface area contributed by atoms with Crippen LogP contribution in [0, 0.1) is 0 Å². The summed E-state index contributed by atoms with van der Waals surface area (Å²) in [6.45, 7) is 1.70. The molecule has 150 valence electrons. The van der Waals surface area contributed by atoms with E-state index in [1.54, 1.807) is 31.2 Å². The molecule has 3 aromatic rings. The van der Waals surface area contributed by atoms with Crippen molar-refractivity contribution in [3.63, 3.8) is 0 Å². The van der Waals surface area contributed by atoms with E-state index in [4.69, 9.17) is 11.6 Å². The summed E-state index contributed by atoms with van der Waals surface area (Å²) in [4.78, 5) is 31.4. The van der Waals surface area contributed by atoms with E-state index in [0.29, 0.717) is 11.1 Å². The third-order valence-electron chi connectivity index (χ3n) is 4.43. The number of Topliss-reactive ketones (excluding diaryl/α,β-unsaturated/α-hetero) is 1. The highest BCUT2D eigenvalue weighted by molar-refractivity contribution is 6.31. The number of nitrogens with one attached hydrogen (secondary N) is 1. The Morgan fingerprint density at radius 1 is 1.14 bits per heavy atom. The number of benzene rings is 2. The van der Waals surface area contributed by atoms with Gasteiger partial charge in [0.25, 0.3) is 5.56 Å². The van der Waals surface area contributed by atoms with Crippen molar-refractivity contribution in [2.45, 2.75) is 25.4 Å². The number of alkyl halides is 3. The van der Waals surface area contributed by atoms with E-state index < -0.39 is 34.0 Å². The molecule has 1 heterocycles. The second kappa shape index (κ2) is 8.21. The van der Waals surface area contributed by atoms with Crippen LogP contribution in [0.3, 0.4) is 0 Å². The molecule has 0 unspecified atom stereocenters. The highest BCUT2D eigenvalue weighted by Crippen LogP contribution is 2.36. The van der Waals surface area contributed by atoms with Gasteiger partial charge in [0.15, 0.2) is 5.78 Å². The molecule has 29 heavy (non-hydrogen) atoms. The Morgan fingerprint density at radius 2 is 1.83 bits per heavy atom. The first-order chi connectivity index (χ1) is 13.6. The van der Waals surface area contributed by atoms with E-state index in [0.717, 1.165) is 12.1 Å². The average molecular weight is 421 g/mol. The molecule has 1 aromatic heterocycles. The summed E-state index contributed by atoms with van der Waals surface area (Å²) in [6, 6.07) is 13.4. The molecule has 1 N–H and O–H groups in total. The molecule has 0 bridgehead atoms. The van der Waals surface area contributed by atoms with Gasteiger partial charge in [-0.25, -0.2) is 4.98 Å². The predicted octanol–water partition coefficient (Wildman–Crippen LogP) is 5.49. The summed E-state index contributed by atoms with van der Waals surface area (Å²) in [7, 11) is 0. The van der Waals surface area contributed by atoms with Gasteiger partial charge < -0.3 is 4.98 Å². The molecule has 0 aliphatic rings. The Bertz CT molecular complexity index is 1100. The number of aromatic nitrogens is 2. The lowest BCUT2D eigenvalue weighted by Crippen LogP contribution is -2.15. The molecule has 4 nitrogen and oxygen atoms in total. The minimum absolute atomic E-state index is 0.00235. The molecule has 0 fully saturated rings. The summed E-state index contributed by atoms with van der Waals surface area (Å²) in [5.41, 5.74) is -0.249. The predicted molar refractivity (Wildman–Crippen MR) is 104 cm³/mol. The molecule has 0 radical (unpaired) electrons. The summed E-state index contributed by atoms with van der Waals surface area (Å²) < 4.78 is 38.5. The van der Waals surface area contributed by atoms with Gasteiger partial charge in [-0.2, -0.15) is 13.2 Å². The highest BCUT2D eigenvalue weighted by Gasteiger charge is 2.33. The zero-order valence-electron chi connectivity index (χ0n) is 15.3. The van der Waals surface area contributed by atoms with Gasteiger partial charge in [-0.3, -0.25) is 9.59 Å². The third kappa shape index (κ3) is 4.92. The number of nitrogens with zero attached hydrogens (tertiary/aromatic N) is 1. The number of halogens is 4. The minimum atomic E-state index is -4.54. The van der Waals surface area contributed by atoms with Crippen molar-refractivity contribution >= 4 is 17.4 Å². The molecule has 0 aliphatic carbocycles. The number of rotatable bonds is 5. The van der Waals surface area contributed by atoms with Gasteiger partial charge >= 0.3 is 6.18 Å². The van der Waals surface area contributed by atoms with Crippen LogP contribution in [-0.4, -0.2) is 15.8 Å². The first kappa shape index (κ1) is 20.8. The average Bonchev–Trinajstić information content (AvgIpc) is 2.67.